The second-order valence-corrected chi connectivity index (χ2v) is 6.15. The minimum absolute atomic E-state index is 0.0315. The number of halogens is 1. The summed E-state index contributed by atoms with van der Waals surface area (Å²) in [5.74, 6) is -0.0116. The van der Waals surface area contributed by atoms with E-state index in [2.05, 4.69) is 26.1 Å². The fourth-order valence-electron chi connectivity index (χ4n) is 2.41. The van der Waals surface area contributed by atoms with E-state index in [4.69, 9.17) is 9.84 Å². The molecule has 0 aliphatic carbocycles. The maximum atomic E-state index is 14.2. The Morgan fingerprint density at radius 2 is 2.20 bits per heavy atom. The second kappa shape index (κ2) is 6.10. The molecule has 4 heteroatoms. The second-order valence-electron chi connectivity index (χ2n) is 6.15. The topological polar surface area (TPSA) is 41.5 Å². The average Bonchev–Trinajstić information content (AvgIpc) is 2.88. The molecule has 1 aliphatic heterocycles. The molecule has 2 N–H and O–H groups in total. The predicted octanol–water partition coefficient (Wildman–Crippen LogP) is 2.61. The minimum Gasteiger partial charge on any atom is -0.486 e. The maximum absolute atomic E-state index is 14.2. The number of ether oxygens (including phenoxy) is 1. The van der Waals surface area contributed by atoms with Crippen LogP contribution >= 0.6 is 0 Å². The summed E-state index contributed by atoms with van der Waals surface area (Å²) >= 11 is 0. The highest BCUT2D eigenvalue weighted by atomic mass is 19.1. The van der Waals surface area contributed by atoms with Crippen LogP contribution in [0.5, 0.6) is 5.75 Å². The Labute approximate surface area is 120 Å². The van der Waals surface area contributed by atoms with Gasteiger partial charge in [-0.15, -0.1) is 0 Å². The van der Waals surface area contributed by atoms with E-state index < -0.39 is 0 Å². The first kappa shape index (κ1) is 15.3. The molecule has 1 aromatic carbocycles. The highest BCUT2D eigenvalue weighted by Crippen LogP contribution is 2.30. The Hall–Kier alpha value is -1.13. The standard InChI is InChI=1S/C16H24FNO2/c1-4-16(2,3)11-5-6-15(14(17)7-11)20-13-8-12(10-19)18-9-13/h5-7,12-13,18-19H,4,8-10H2,1-3H3/t12-,13+/m0/s1. The summed E-state index contributed by atoms with van der Waals surface area (Å²) in [4.78, 5) is 0. The molecule has 0 radical (unpaired) electrons. The Bertz CT molecular complexity index is 462. The van der Waals surface area contributed by atoms with Crippen LogP contribution in [0.25, 0.3) is 0 Å². The van der Waals surface area contributed by atoms with Crippen molar-refractivity contribution in [2.75, 3.05) is 13.2 Å². The number of hydrogen-bond donors (Lipinski definition) is 2. The zero-order chi connectivity index (χ0) is 14.8. The van der Waals surface area contributed by atoms with E-state index in [0.717, 1.165) is 12.0 Å². The number of benzene rings is 1. The van der Waals surface area contributed by atoms with E-state index >= 15 is 0 Å². The summed E-state index contributed by atoms with van der Waals surface area (Å²) in [6, 6.07) is 5.29. The fourth-order valence-corrected chi connectivity index (χ4v) is 2.41. The van der Waals surface area contributed by atoms with Gasteiger partial charge in [0.2, 0.25) is 0 Å². The van der Waals surface area contributed by atoms with Crippen molar-refractivity contribution >= 4 is 0 Å². The smallest absolute Gasteiger partial charge is 0.165 e. The van der Waals surface area contributed by atoms with Crippen molar-refractivity contribution in [3.63, 3.8) is 0 Å². The van der Waals surface area contributed by atoms with Gasteiger partial charge < -0.3 is 15.2 Å². The van der Waals surface area contributed by atoms with Gasteiger partial charge in [0, 0.05) is 19.0 Å². The van der Waals surface area contributed by atoms with E-state index in [1.54, 1.807) is 12.1 Å². The van der Waals surface area contributed by atoms with Crippen LogP contribution in [-0.4, -0.2) is 30.4 Å². The molecule has 0 spiro atoms. The van der Waals surface area contributed by atoms with Crippen molar-refractivity contribution in [3.05, 3.63) is 29.6 Å². The lowest BCUT2D eigenvalue weighted by Gasteiger charge is -2.24. The van der Waals surface area contributed by atoms with E-state index in [1.165, 1.54) is 0 Å². The Kier molecular flexibility index (Phi) is 4.66. The molecule has 0 saturated carbocycles. The van der Waals surface area contributed by atoms with Crippen molar-refractivity contribution in [3.8, 4) is 5.75 Å². The molecule has 1 fully saturated rings. The molecule has 0 unspecified atom stereocenters. The van der Waals surface area contributed by atoms with Crippen LogP contribution in [0.1, 0.15) is 39.2 Å². The van der Waals surface area contributed by atoms with Crippen molar-refractivity contribution in [1.29, 1.82) is 0 Å². The van der Waals surface area contributed by atoms with Gasteiger partial charge in [-0.05, 0) is 29.5 Å². The number of rotatable bonds is 5. The summed E-state index contributed by atoms with van der Waals surface area (Å²) in [6.45, 7) is 7.05. The van der Waals surface area contributed by atoms with Crippen LogP contribution < -0.4 is 10.1 Å². The first-order valence-electron chi connectivity index (χ1n) is 7.27. The summed E-state index contributed by atoms with van der Waals surface area (Å²) in [5, 5.41) is 12.2. The molecule has 0 aromatic heterocycles. The summed E-state index contributed by atoms with van der Waals surface area (Å²) in [5.41, 5.74) is 0.957. The van der Waals surface area contributed by atoms with Crippen molar-refractivity contribution in [1.82, 2.24) is 5.32 Å². The molecule has 112 valence electrons. The largest absolute Gasteiger partial charge is 0.486 e. The lowest BCUT2D eigenvalue weighted by molar-refractivity contribution is 0.199. The maximum Gasteiger partial charge on any atom is 0.165 e. The van der Waals surface area contributed by atoms with Crippen LogP contribution in [0.2, 0.25) is 0 Å². The van der Waals surface area contributed by atoms with E-state index in [1.807, 2.05) is 6.07 Å². The van der Waals surface area contributed by atoms with Crippen LogP contribution in [0.15, 0.2) is 18.2 Å². The molecule has 20 heavy (non-hydrogen) atoms. The van der Waals surface area contributed by atoms with Gasteiger partial charge in [0.25, 0.3) is 0 Å². The lowest BCUT2D eigenvalue weighted by Crippen LogP contribution is -2.25. The molecule has 2 atom stereocenters. The third-order valence-corrected chi connectivity index (χ3v) is 4.29. The van der Waals surface area contributed by atoms with Crippen LogP contribution in [-0.2, 0) is 5.41 Å². The Morgan fingerprint density at radius 3 is 2.75 bits per heavy atom. The van der Waals surface area contributed by atoms with Crippen molar-refractivity contribution in [2.24, 2.45) is 0 Å². The number of hydrogen-bond acceptors (Lipinski definition) is 3. The molecular formula is C16H24FNO2. The summed E-state index contributed by atoms with van der Waals surface area (Å²) < 4.78 is 19.8. The van der Waals surface area contributed by atoms with E-state index in [-0.39, 0.29) is 30.0 Å². The summed E-state index contributed by atoms with van der Waals surface area (Å²) in [6.07, 6.45) is 1.59. The van der Waals surface area contributed by atoms with Crippen LogP contribution in [0.3, 0.4) is 0 Å². The van der Waals surface area contributed by atoms with Crippen LogP contribution in [0.4, 0.5) is 4.39 Å². The van der Waals surface area contributed by atoms with Gasteiger partial charge in [0.1, 0.15) is 6.10 Å². The zero-order valence-electron chi connectivity index (χ0n) is 12.4. The average molecular weight is 281 g/mol. The predicted molar refractivity (Wildman–Crippen MR) is 77.6 cm³/mol. The van der Waals surface area contributed by atoms with Gasteiger partial charge in [-0.25, -0.2) is 4.39 Å². The molecule has 1 aliphatic rings. The molecule has 0 amide bonds. The Balaban J connectivity index is 2.07. The molecule has 0 bridgehead atoms. The third kappa shape index (κ3) is 3.30. The molecular weight excluding hydrogens is 257 g/mol. The third-order valence-electron chi connectivity index (χ3n) is 4.29. The molecule has 1 heterocycles. The molecule has 1 aromatic rings. The lowest BCUT2D eigenvalue weighted by atomic mass is 9.82. The molecule has 1 saturated heterocycles. The van der Waals surface area contributed by atoms with Crippen molar-refractivity contribution < 1.29 is 14.2 Å². The quantitative estimate of drug-likeness (QED) is 0.871. The first-order valence-corrected chi connectivity index (χ1v) is 7.27. The zero-order valence-corrected chi connectivity index (χ0v) is 12.4. The van der Waals surface area contributed by atoms with Crippen LogP contribution in [0, 0.1) is 5.82 Å². The monoisotopic (exact) mass is 281 g/mol. The van der Waals surface area contributed by atoms with Gasteiger partial charge in [-0.2, -0.15) is 0 Å². The molecule has 3 nitrogen and oxygen atoms in total. The van der Waals surface area contributed by atoms with Gasteiger partial charge in [-0.3, -0.25) is 0 Å². The highest BCUT2D eigenvalue weighted by molar-refractivity contribution is 5.33. The van der Waals surface area contributed by atoms with Gasteiger partial charge in [0.05, 0.1) is 6.61 Å². The molecule has 2 rings (SSSR count). The minimum atomic E-state index is -0.309. The van der Waals surface area contributed by atoms with Gasteiger partial charge in [-0.1, -0.05) is 26.8 Å². The number of aliphatic hydroxyl groups excluding tert-OH is 1. The first-order chi connectivity index (χ1) is 9.46. The normalized spacial score (nSPS) is 23.1. The van der Waals surface area contributed by atoms with E-state index in [0.29, 0.717) is 18.7 Å². The SMILES string of the molecule is CCC(C)(C)c1ccc(O[C@H]2CN[C@H](CO)C2)c(F)c1. The van der Waals surface area contributed by atoms with Crippen molar-refractivity contribution in [2.45, 2.75) is 51.2 Å². The summed E-state index contributed by atoms with van der Waals surface area (Å²) in [7, 11) is 0. The number of aliphatic hydroxyl groups is 1. The fraction of sp³-hybridized carbons (Fsp3) is 0.625. The number of nitrogens with one attached hydrogen (secondary N) is 1. The van der Waals surface area contributed by atoms with Gasteiger partial charge in [0.15, 0.2) is 11.6 Å². The van der Waals surface area contributed by atoms with Gasteiger partial charge >= 0.3 is 0 Å². The van der Waals surface area contributed by atoms with E-state index in [9.17, 15) is 4.39 Å². The Morgan fingerprint density at radius 1 is 1.45 bits per heavy atom. The highest BCUT2D eigenvalue weighted by Gasteiger charge is 2.26.